The molecule has 1 aromatic heterocycles. The van der Waals surface area contributed by atoms with Gasteiger partial charge in [0.15, 0.2) is 0 Å². The highest BCUT2D eigenvalue weighted by molar-refractivity contribution is 14.1. The lowest BCUT2D eigenvalue weighted by atomic mass is 10.0. The predicted octanol–water partition coefficient (Wildman–Crippen LogP) is 3.83. The van der Waals surface area contributed by atoms with Crippen LogP contribution in [-0.4, -0.2) is 7.99 Å². The van der Waals surface area contributed by atoms with E-state index in [9.17, 15) is 4.79 Å². The molecule has 0 saturated carbocycles. The fourth-order valence-corrected chi connectivity index (χ4v) is 2.96. The molecule has 0 aliphatic rings. The highest BCUT2D eigenvalue weighted by Crippen LogP contribution is 2.21. The van der Waals surface area contributed by atoms with Gasteiger partial charge < -0.3 is 0 Å². The minimum Gasteiger partial charge on any atom is -0.286 e. The third-order valence-corrected chi connectivity index (χ3v) is 4.20. The molecule has 106 valence electrons. The first-order chi connectivity index (χ1) is 10.3. The van der Waals surface area contributed by atoms with Crippen molar-refractivity contribution in [3.8, 4) is 11.3 Å². The van der Waals surface area contributed by atoms with Crippen LogP contribution in [0.4, 0.5) is 0 Å². The molecule has 0 unspecified atom stereocenters. The number of hydrogen-bond acceptors (Lipinski definition) is 1. The summed E-state index contributed by atoms with van der Waals surface area (Å²) in [6, 6.07) is 20.2. The van der Waals surface area contributed by atoms with Crippen LogP contribution >= 0.6 is 22.9 Å². The minimum absolute atomic E-state index is 0.0467. The number of rotatable bonds is 4. The van der Waals surface area contributed by atoms with Crippen molar-refractivity contribution in [3.05, 3.63) is 82.1 Å². The van der Waals surface area contributed by atoms with E-state index in [2.05, 4.69) is 17.2 Å². The molecule has 0 saturated heterocycles. The van der Waals surface area contributed by atoms with Crippen molar-refractivity contribution in [1.82, 2.24) is 7.99 Å². The Kier molecular flexibility index (Phi) is 4.24. The Labute approximate surface area is 137 Å². The minimum atomic E-state index is 0.0467. The molecule has 0 amide bonds. The number of aryl methyl sites for hydroxylation is 1. The first-order valence-electron chi connectivity index (χ1n) is 6.85. The Morgan fingerprint density at radius 2 is 1.52 bits per heavy atom. The molecule has 0 radical (unpaired) electrons. The van der Waals surface area contributed by atoms with Crippen LogP contribution in [0.5, 0.6) is 0 Å². The van der Waals surface area contributed by atoms with Crippen LogP contribution in [0, 0.1) is 0 Å². The molecule has 0 bridgehead atoms. The van der Waals surface area contributed by atoms with Crippen molar-refractivity contribution >= 4 is 22.9 Å². The van der Waals surface area contributed by atoms with E-state index in [0.29, 0.717) is 0 Å². The topological polar surface area (TPSA) is 37.8 Å². The Morgan fingerprint density at radius 3 is 2.19 bits per heavy atom. The zero-order valence-electron chi connectivity index (χ0n) is 11.4. The monoisotopic (exact) mass is 390 g/mol. The van der Waals surface area contributed by atoms with Crippen LogP contribution < -0.4 is 5.56 Å². The number of H-pyrrole nitrogens is 1. The molecule has 0 aliphatic heterocycles. The summed E-state index contributed by atoms with van der Waals surface area (Å²) < 4.78 is 1.53. The fourth-order valence-electron chi connectivity index (χ4n) is 2.43. The van der Waals surface area contributed by atoms with Gasteiger partial charge >= 0.3 is 0 Å². The maximum Gasteiger partial charge on any atom is 0.279 e. The summed E-state index contributed by atoms with van der Waals surface area (Å²) in [5.41, 5.74) is 4.11. The molecule has 1 heterocycles. The molecular formula is C17H15IN2O. The molecule has 21 heavy (non-hydrogen) atoms. The molecule has 4 heteroatoms. The molecule has 3 rings (SSSR count). The second-order valence-corrected chi connectivity index (χ2v) is 5.87. The van der Waals surface area contributed by atoms with Crippen LogP contribution in [0.2, 0.25) is 0 Å². The zero-order valence-corrected chi connectivity index (χ0v) is 13.6. The fraction of sp³-hybridized carbons (Fsp3) is 0.118. The van der Waals surface area contributed by atoms with Crippen molar-refractivity contribution in [2.24, 2.45) is 0 Å². The van der Waals surface area contributed by atoms with Crippen LogP contribution in [0.25, 0.3) is 11.3 Å². The lowest BCUT2D eigenvalue weighted by molar-refractivity contribution is 0.948. The van der Waals surface area contributed by atoms with Gasteiger partial charge in [0, 0.05) is 5.56 Å². The van der Waals surface area contributed by atoms with Gasteiger partial charge in [-0.1, -0.05) is 60.7 Å². The Morgan fingerprint density at radius 1 is 0.905 bits per heavy atom. The van der Waals surface area contributed by atoms with Crippen molar-refractivity contribution in [2.45, 2.75) is 12.8 Å². The van der Waals surface area contributed by atoms with Gasteiger partial charge in [-0.05, 0) is 24.0 Å². The Hall–Kier alpha value is -1.82. The molecule has 0 spiro atoms. The van der Waals surface area contributed by atoms with Gasteiger partial charge in [0.05, 0.1) is 28.6 Å². The summed E-state index contributed by atoms with van der Waals surface area (Å²) in [6.07, 6.45) is 1.60. The lowest BCUT2D eigenvalue weighted by Gasteiger charge is -2.03. The molecule has 2 aromatic carbocycles. The van der Waals surface area contributed by atoms with Gasteiger partial charge in [0.25, 0.3) is 5.56 Å². The third kappa shape index (κ3) is 3.10. The van der Waals surface area contributed by atoms with E-state index in [1.165, 1.54) is 8.46 Å². The van der Waals surface area contributed by atoms with Gasteiger partial charge in [-0.2, -0.15) is 2.90 Å². The third-order valence-electron chi connectivity index (χ3n) is 3.52. The molecule has 0 fully saturated rings. The summed E-state index contributed by atoms with van der Waals surface area (Å²) in [5, 5.41) is 3.16. The Balaban J connectivity index is 1.93. The smallest absolute Gasteiger partial charge is 0.279 e. The van der Waals surface area contributed by atoms with Crippen LogP contribution in [0.15, 0.2) is 65.5 Å². The van der Waals surface area contributed by atoms with Gasteiger partial charge in [-0.15, -0.1) is 0 Å². The SMILES string of the molecule is O=c1c(CCc2ccccc2)c(-c2ccccc2)[nH]n1I. The number of nitrogens with zero attached hydrogens (tertiary/aromatic N) is 1. The van der Waals surface area contributed by atoms with Crippen LogP contribution in [0.3, 0.4) is 0 Å². The summed E-state index contributed by atoms with van der Waals surface area (Å²) in [5.74, 6) is 0. The summed E-state index contributed by atoms with van der Waals surface area (Å²) in [7, 11) is 0. The number of halogens is 1. The average molecular weight is 390 g/mol. The summed E-state index contributed by atoms with van der Waals surface area (Å²) in [4.78, 5) is 12.3. The quantitative estimate of drug-likeness (QED) is 0.676. The molecule has 3 nitrogen and oxygen atoms in total. The lowest BCUT2D eigenvalue weighted by Crippen LogP contribution is -2.12. The van der Waals surface area contributed by atoms with E-state index in [4.69, 9.17) is 0 Å². The number of nitrogens with one attached hydrogen (secondary N) is 1. The van der Waals surface area contributed by atoms with E-state index in [-0.39, 0.29) is 5.56 Å². The molecular weight excluding hydrogens is 375 g/mol. The van der Waals surface area contributed by atoms with E-state index in [1.54, 1.807) is 0 Å². The maximum atomic E-state index is 12.3. The predicted molar refractivity (Wildman–Crippen MR) is 93.8 cm³/mol. The summed E-state index contributed by atoms with van der Waals surface area (Å²) >= 11 is 2.00. The molecule has 0 atom stereocenters. The van der Waals surface area contributed by atoms with Gasteiger partial charge in [0.2, 0.25) is 0 Å². The molecule has 3 aromatic rings. The number of aromatic amines is 1. The first-order valence-corrected chi connectivity index (χ1v) is 7.81. The van der Waals surface area contributed by atoms with E-state index in [0.717, 1.165) is 29.7 Å². The van der Waals surface area contributed by atoms with E-state index < -0.39 is 0 Å². The van der Waals surface area contributed by atoms with Crippen molar-refractivity contribution in [1.29, 1.82) is 0 Å². The average Bonchev–Trinajstić information content (AvgIpc) is 2.82. The second kappa shape index (κ2) is 6.30. The maximum absolute atomic E-state index is 12.3. The largest absolute Gasteiger partial charge is 0.286 e. The molecule has 0 aliphatic carbocycles. The van der Waals surface area contributed by atoms with E-state index >= 15 is 0 Å². The van der Waals surface area contributed by atoms with Crippen LogP contribution in [-0.2, 0) is 12.8 Å². The highest BCUT2D eigenvalue weighted by atomic mass is 127. The van der Waals surface area contributed by atoms with Crippen molar-refractivity contribution in [3.63, 3.8) is 0 Å². The standard InChI is InChI=1S/C17H15IN2O/c18-20-17(21)15(12-11-13-7-3-1-4-8-13)16(19-20)14-9-5-2-6-10-14/h1-10,19H,11-12H2. The van der Waals surface area contributed by atoms with Crippen LogP contribution in [0.1, 0.15) is 11.1 Å². The van der Waals surface area contributed by atoms with Gasteiger partial charge in [0.1, 0.15) is 0 Å². The number of aromatic nitrogens is 2. The van der Waals surface area contributed by atoms with Gasteiger partial charge in [-0.25, -0.2) is 0 Å². The van der Waals surface area contributed by atoms with E-state index in [1.807, 2.05) is 71.4 Å². The second-order valence-electron chi connectivity index (χ2n) is 4.90. The van der Waals surface area contributed by atoms with Gasteiger partial charge in [-0.3, -0.25) is 9.89 Å². The first kappa shape index (κ1) is 14.1. The van der Waals surface area contributed by atoms with Crippen molar-refractivity contribution in [2.75, 3.05) is 0 Å². The highest BCUT2D eigenvalue weighted by Gasteiger charge is 2.14. The molecule has 1 N–H and O–H groups in total. The summed E-state index contributed by atoms with van der Waals surface area (Å²) in [6.45, 7) is 0. The number of benzene rings is 2. The Bertz CT molecular complexity index is 776. The van der Waals surface area contributed by atoms with Crippen molar-refractivity contribution < 1.29 is 0 Å². The zero-order chi connectivity index (χ0) is 14.7. The normalized spacial score (nSPS) is 10.7. The number of hydrogen-bond donors (Lipinski definition) is 1.